The summed E-state index contributed by atoms with van der Waals surface area (Å²) in [4.78, 5) is 20.5. The monoisotopic (exact) mass is 426 g/mol. The first-order valence-corrected chi connectivity index (χ1v) is 9.00. The van der Waals surface area contributed by atoms with Gasteiger partial charge in [0, 0.05) is 15.7 Å². The van der Waals surface area contributed by atoms with Gasteiger partial charge in [-0.1, -0.05) is 33.6 Å². The molecule has 3 rings (SSSR count). The largest absolute Gasteiger partial charge is 0.393 e. The summed E-state index contributed by atoms with van der Waals surface area (Å²) in [6, 6.07) is 13.0. The molecular weight excluding hydrogens is 408 g/mol. The molecule has 27 heavy (non-hydrogen) atoms. The summed E-state index contributed by atoms with van der Waals surface area (Å²) in [7, 11) is 0. The van der Waals surface area contributed by atoms with Crippen LogP contribution in [0.3, 0.4) is 0 Å². The molecule has 0 saturated carbocycles. The van der Waals surface area contributed by atoms with Gasteiger partial charge in [-0.2, -0.15) is 0 Å². The molecule has 0 radical (unpaired) electrons. The first-order valence-electron chi connectivity index (χ1n) is 8.20. The molecule has 0 unspecified atom stereocenters. The predicted molar refractivity (Wildman–Crippen MR) is 111 cm³/mol. The van der Waals surface area contributed by atoms with Crippen LogP contribution in [0.25, 0.3) is 0 Å². The van der Waals surface area contributed by atoms with Crippen molar-refractivity contribution in [1.29, 1.82) is 0 Å². The van der Waals surface area contributed by atoms with E-state index in [1.165, 1.54) is 11.9 Å². The van der Waals surface area contributed by atoms with Gasteiger partial charge in [0.1, 0.15) is 12.0 Å². The standard InChI is InChI=1S/C19H19BrN6O/c1-11-3-8-15(12(2)9-11)24-17-16(21)18(23-10-22-17)25-26-19(27)13-4-6-14(20)7-5-13/h3-10H,21H2,1-2H3,(H,26,27)(H2,22,23,24,25). The molecule has 0 spiro atoms. The van der Waals surface area contributed by atoms with Gasteiger partial charge in [-0.15, -0.1) is 0 Å². The van der Waals surface area contributed by atoms with Gasteiger partial charge in [-0.3, -0.25) is 15.6 Å². The molecule has 1 aromatic heterocycles. The number of nitrogens with two attached hydrogens (primary N) is 1. The summed E-state index contributed by atoms with van der Waals surface area (Å²) < 4.78 is 0.897. The van der Waals surface area contributed by atoms with Crippen molar-refractivity contribution in [2.75, 3.05) is 16.5 Å². The highest BCUT2D eigenvalue weighted by Gasteiger charge is 2.11. The Morgan fingerprint density at radius 3 is 2.44 bits per heavy atom. The number of nitrogens with zero attached hydrogens (tertiary/aromatic N) is 2. The van der Waals surface area contributed by atoms with E-state index >= 15 is 0 Å². The van der Waals surface area contributed by atoms with Gasteiger partial charge in [0.05, 0.1) is 0 Å². The Bertz CT molecular complexity index is 974. The van der Waals surface area contributed by atoms with Gasteiger partial charge in [-0.05, 0) is 49.7 Å². The number of halogens is 1. The molecule has 0 aliphatic rings. The minimum Gasteiger partial charge on any atom is -0.393 e. The molecule has 0 fully saturated rings. The number of nitrogen functional groups attached to an aromatic ring is 1. The average molecular weight is 427 g/mol. The molecular formula is C19H19BrN6O. The Labute approximate surface area is 165 Å². The van der Waals surface area contributed by atoms with Gasteiger partial charge in [-0.25, -0.2) is 9.97 Å². The van der Waals surface area contributed by atoms with Crippen LogP contribution in [0.4, 0.5) is 23.0 Å². The molecule has 0 aliphatic carbocycles. The highest BCUT2D eigenvalue weighted by molar-refractivity contribution is 9.10. The fourth-order valence-electron chi connectivity index (χ4n) is 2.47. The SMILES string of the molecule is Cc1ccc(Nc2ncnc(NNC(=O)c3ccc(Br)cc3)c2N)c(C)c1. The third-order valence-corrected chi connectivity index (χ3v) is 4.45. The molecule has 5 N–H and O–H groups in total. The van der Waals surface area contributed by atoms with Crippen LogP contribution in [0.1, 0.15) is 21.5 Å². The zero-order valence-electron chi connectivity index (χ0n) is 14.9. The molecule has 7 nitrogen and oxygen atoms in total. The summed E-state index contributed by atoms with van der Waals surface area (Å²) in [6.07, 6.45) is 1.37. The van der Waals surface area contributed by atoms with Crippen LogP contribution in [0.5, 0.6) is 0 Å². The van der Waals surface area contributed by atoms with Gasteiger partial charge in [0.2, 0.25) is 0 Å². The lowest BCUT2D eigenvalue weighted by atomic mass is 10.1. The number of hydrogen-bond donors (Lipinski definition) is 4. The molecule has 2 aromatic carbocycles. The van der Waals surface area contributed by atoms with Gasteiger partial charge >= 0.3 is 0 Å². The van der Waals surface area contributed by atoms with Crippen molar-refractivity contribution in [3.8, 4) is 0 Å². The summed E-state index contributed by atoms with van der Waals surface area (Å²) in [5.41, 5.74) is 15.4. The maximum Gasteiger partial charge on any atom is 0.269 e. The minimum absolute atomic E-state index is 0.300. The Balaban J connectivity index is 1.72. The fourth-order valence-corrected chi connectivity index (χ4v) is 2.73. The predicted octanol–water partition coefficient (Wildman–Crippen LogP) is 3.94. The number of hydrazine groups is 1. The quantitative estimate of drug-likeness (QED) is 0.460. The van der Waals surface area contributed by atoms with Crippen molar-refractivity contribution < 1.29 is 4.79 Å². The lowest BCUT2D eigenvalue weighted by molar-refractivity contribution is 0.0962. The van der Waals surface area contributed by atoms with E-state index in [2.05, 4.69) is 48.1 Å². The first-order chi connectivity index (χ1) is 12.9. The highest BCUT2D eigenvalue weighted by Crippen LogP contribution is 2.27. The number of carbonyl (C=O) groups excluding carboxylic acids is 1. The van der Waals surface area contributed by atoms with Crippen molar-refractivity contribution in [2.45, 2.75) is 13.8 Å². The van der Waals surface area contributed by atoms with E-state index in [-0.39, 0.29) is 5.91 Å². The average Bonchev–Trinajstić information content (AvgIpc) is 2.65. The molecule has 3 aromatic rings. The van der Waals surface area contributed by atoms with Crippen LogP contribution < -0.4 is 21.9 Å². The van der Waals surface area contributed by atoms with E-state index in [4.69, 9.17) is 5.73 Å². The lowest BCUT2D eigenvalue weighted by Gasteiger charge is -2.14. The zero-order valence-corrected chi connectivity index (χ0v) is 16.5. The van der Waals surface area contributed by atoms with Crippen molar-refractivity contribution in [3.05, 3.63) is 70.0 Å². The summed E-state index contributed by atoms with van der Waals surface area (Å²) in [5.74, 6) is 0.462. The topological polar surface area (TPSA) is 105 Å². The maximum atomic E-state index is 12.2. The third-order valence-electron chi connectivity index (χ3n) is 3.92. The van der Waals surface area contributed by atoms with Crippen LogP contribution in [-0.4, -0.2) is 15.9 Å². The molecule has 0 bridgehead atoms. The molecule has 0 atom stereocenters. The number of amides is 1. The van der Waals surface area contributed by atoms with Gasteiger partial charge < -0.3 is 11.1 Å². The van der Waals surface area contributed by atoms with E-state index in [1.54, 1.807) is 24.3 Å². The Morgan fingerprint density at radius 2 is 1.74 bits per heavy atom. The van der Waals surface area contributed by atoms with E-state index in [0.717, 1.165) is 15.7 Å². The van der Waals surface area contributed by atoms with Crippen molar-refractivity contribution in [1.82, 2.24) is 15.4 Å². The van der Waals surface area contributed by atoms with Crippen LogP contribution in [-0.2, 0) is 0 Å². The second-order valence-electron chi connectivity index (χ2n) is 6.01. The number of hydrogen-bond acceptors (Lipinski definition) is 6. The van der Waals surface area contributed by atoms with Gasteiger partial charge in [0.15, 0.2) is 11.6 Å². The number of nitrogens with one attached hydrogen (secondary N) is 3. The van der Waals surface area contributed by atoms with Crippen molar-refractivity contribution in [2.24, 2.45) is 0 Å². The molecule has 138 valence electrons. The number of aryl methyl sites for hydroxylation is 2. The van der Waals surface area contributed by atoms with E-state index in [0.29, 0.717) is 22.9 Å². The third kappa shape index (κ3) is 4.53. The van der Waals surface area contributed by atoms with E-state index < -0.39 is 0 Å². The summed E-state index contributed by atoms with van der Waals surface area (Å²) in [5, 5.41) is 3.20. The van der Waals surface area contributed by atoms with Crippen LogP contribution in [0, 0.1) is 13.8 Å². The summed E-state index contributed by atoms with van der Waals surface area (Å²) >= 11 is 3.34. The fraction of sp³-hybridized carbons (Fsp3) is 0.105. The zero-order chi connectivity index (χ0) is 19.4. The van der Waals surface area contributed by atoms with Crippen molar-refractivity contribution >= 4 is 44.8 Å². The molecule has 0 aliphatic heterocycles. The Morgan fingerprint density at radius 1 is 1.04 bits per heavy atom. The molecule has 8 heteroatoms. The smallest absolute Gasteiger partial charge is 0.269 e. The number of rotatable bonds is 5. The van der Waals surface area contributed by atoms with E-state index in [9.17, 15) is 4.79 Å². The Hall–Kier alpha value is -3.13. The van der Waals surface area contributed by atoms with E-state index in [1.807, 2.05) is 26.0 Å². The summed E-state index contributed by atoms with van der Waals surface area (Å²) in [6.45, 7) is 4.04. The van der Waals surface area contributed by atoms with Gasteiger partial charge in [0.25, 0.3) is 5.91 Å². The number of aromatic nitrogens is 2. The molecule has 1 heterocycles. The second kappa shape index (κ2) is 8.05. The van der Waals surface area contributed by atoms with Crippen LogP contribution in [0.15, 0.2) is 53.3 Å². The Kier molecular flexibility index (Phi) is 5.56. The molecule has 1 amide bonds. The minimum atomic E-state index is -0.301. The first kappa shape index (κ1) is 18.7. The lowest BCUT2D eigenvalue weighted by Crippen LogP contribution is -2.30. The maximum absolute atomic E-state index is 12.2. The molecule has 0 saturated heterocycles. The second-order valence-corrected chi connectivity index (χ2v) is 6.93. The van der Waals surface area contributed by atoms with Crippen LogP contribution >= 0.6 is 15.9 Å². The van der Waals surface area contributed by atoms with Crippen molar-refractivity contribution in [3.63, 3.8) is 0 Å². The number of carbonyl (C=O) groups is 1. The van der Waals surface area contributed by atoms with Crippen LogP contribution in [0.2, 0.25) is 0 Å². The number of benzene rings is 2. The highest BCUT2D eigenvalue weighted by atomic mass is 79.9. The number of anilines is 4. The normalized spacial score (nSPS) is 10.3.